The van der Waals surface area contributed by atoms with Crippen molar-refractivity contribution in [1.82, 2.24) is 5.16 Å². The Morgan fingerprint density at radius 3 is 2.50 bits per heavy atom. The fraction of sp³-hybridized carbons (Fsp3) is 0.261. The van der Waals surface area contributed by atoms with Crippen LogP contribution in [0, 0.1) is 13.8 Å². The maximum Gasteiger partial charge on any atom is 0.338 e. The normalized spacial score (nSPS) is 10.6. The second kappa shape index (κ2) is 10.1. The number of hydrogen-bond donors (Lipinski definition) is 1. The summed E-state index contributed by atoms with van der Waals surface area (Å²) in [5.74, 6) is 0.883. The number of anilines is 1. The van der Waals surface area contributed by atoms with Gasteiger partial charge in [-0.15, -0.1) is 11.8 Å². The molecule has 30 heavy (non-hydrogen) atoms. The van der Waals surface area contributed by atoms with Gasteiger partial charge in [0.05, 0.1) is 23.4 Å². The molecular formula is C23H24N2O4S. The van der Waals surface area contributed by atoms with E-state index in [1.807, 2.05) is 39.0 Å². The zero-order valence-electron chi connectivity index (χ0n) is 17.2. The van der Waals surface area contributed by atoms with E-state index < -0.39 is 0 Å². The zero-order chi connectivity index (χ0) is 21.5. The van der Waals surface area contributed by atoms with Crippen LogP contribution in [0.25, 0.3) is 0 Å². The quantitative estimate of drug-likeness (QED) is 0.385. The highest BCUT2D eigenvalue weighted by Gasteiger charge is 2.15. The van der Waals surface area contributed by atoms with E-state index in [0.29, 0.717) is 29.2 Å². The number of aromatic nitrogens is 1. The number of nitrogens with one attached hydrogen (secondary N) is 1. The smallest absolute Gasteiger partial charge is 0.338 e. The summed E-state index contributed by atoms with van der Waals surface area (Å²) in [5, 5.41) is 6.87. The lowest BCUT2D eigenvalue weighted by Crippen LogP contribution is -2.13. The van der Waals surface area contributed by atoms with Crippen LogP contribution in [-0.4, -0.2) is 23.6 Å². The number of benzene rings is 2. The molecule has 0 radical (unpaired) electrons. The van der Waals surface area contributed by atoms with Gasteiger partial charge in [0.15, 0.2) is 0 Å². The molecule has 3 aromatic rings. The Kier molecular flexibility index (Phi) is 7.30. The number of esters is 1. The maximum atomic E-state index is 12.8. The number of hydrogen-bond acceptors (Lipinski definition) is 6. The molecule has 1 heterocycles. The van der Waals surface area contributed by atoms with Crippen LogP contribution < -0.4 is 5.32 Å². The molecule has 1 N–H and O–H groups in total. The van der Waals surface area contributed by atoms with Crippen LogP contribution in [0.2, 0.25) is 0 Å². The molecule has 0 atom stereocenters. The second-order valence-corrected chi connectivity index (χ2v) is 7.77. The third-order valence-electron chi connectivity index (χ3n) is 4.50. The van der Waals surface area contributed by atoms with Crippen LogP contribution in [0.4, 0.5) is 5.69 Å². The van der Waals surface area contributed by atoms with Crippen LogP contribution in [-0.2, 0) is 10.5 Å². The maximum absolute atomic E-state index is 12.8. The predicted octanol–water partition coefficient (Wildman–Crippen LogP) is 5.40. The number of aryl methyl sites for hydroxylation is 2. The lowest BCUT2D eigenvalue weighted by Gasteiger charge is -2.10. The molecule has 0 aliphatic rings. The lowest BCUT2D eigenvalue weighted by atomic mass is 10.2. The van der Waals surface area contributed by atoms with Crippen LogP contribution in [0.15, 0.2) is 57.9 Å². The summed E-state index contributed by atoms with van der Waals surface area (Å²) in [6, 6.07) is 14.1. The predicted molar refractivity (Wildman–Crippen MR) is 117 cm³/mol. The molecule has 0 aliphatic carbocycles. The minimum Gasteiger partial charge on any atom is -0.462 e. The minimum atomic E-state index is -0.365. The molecule has 0 fully saturated rings. The molecule has 0 saturated carbocycles. The monoisotopic (exact) mass is 424 g/mol. The Balaban J connectivity index is 1.68. The van der Waals surface area contributed by atoms with E-state index in [4.69, 9.17) is 9.26 Å². The van der Waals surface area contributed by atoms with Gasteiger partial charge in [-0.05, 0) is 56.7 Å². The van der Waals surface area contributed by atoms with Crippen molar-refractivity contribution in [3.05, 3.63) is 76.7 Å². The van der Waals surface area contributed by atoms with Gasteiger partial charge in [0.1, 0.15) is 5.76 Å². The molecular weight excluding hydrogens is 400 g/mol. The van der Waals surface area contributed by atoms with Gasteiger partial charge in [-0.25, -0.2) is 4.79 Å². The highest BCUT2D eigenvalue weighted by Crippen LogP contribution is 2.29. The Morgan fingerprint density at radius 1 is 1.10 bits per heavy atom. The lowest BCUT2D eigenvalue weighted by molar-refractivity contribution is 0.0505. The van der Waals surface area contributed by atoms with E-state index in [9.17, 15) is 9.59 Å². The fourth-order valence-electron chi connectivity index (χ4n) is 2.80. The molecule has 0 spiro atoms. The SMILES string of the molecule is CCCOC(=O)c1ccc(NC(=O)c2ccccc2SCc2c(C)noc2C)cc1. The van der Waals surface area contributed by atoms with Crippen LogP contribution in [0.3, 0.4) is 0 Å². The average molecular weight is 425 g/mol. The number of nitrogens with zero attached hydrogens (tertiary/aromatic N) is 1. The number of amides is 1. The van der Waals surface area contributed by atoms with Crippen LogP contribution in [0.1, 0.15) is 51.1 Å². The average Bonchev–Trinajstić information content (AvgIpc) is 3.08. The molecule has 156 valence electrons. The highest BCUT2D eigenvalue weighted by atomic mass is 32.2. The van der Waals surface area contributed by atoms with Gasteiger partial charge in [0, 0.05) is 21.9 Å². The van der Waals surface area contributed by atoms with Crippen molar-refractivity contribution in [3.63, 3.8) is 0 Å². The molecule has 0 unspecified atom stereocenters. The van der Waals surface area contributed by atoms with Gasteiger partial charge in [-0.2, -0.15) is 0 Å². The summed E-state index contributed by atoms with van der Waals surface area (Å²) in [6.45, 7) is 6.12. The minimum absolute atomic E-state index is 0.210. The summed E-state index contributed by atoms with van der Waals surface area (Å²) in [5.41, 5.74) is 3.55. The summed E-state index contributed by atoms with van der Waals surface area (Å²) < 4.78 is 10.3. The van der Waals surface area contributed by atoms with Crippen molar-refractivity contribution in [2.75, 3.05) is 11.9 Å². The molecule has 0 bridgehead atoms. The van der Waals surface area contributed by atoms with Crippen molar-refractivity contribution >= 4 is 29.3 Å². The molecule has 0 saturated heterocycles. The summed E-state index contributed by atoms with van der Waals surface area (Å²) in [6.07, 6.45) is 0.771. The van der Waals surface area contributed by atoms with Gasteiger partial charge in [-0.3, -0.25) is 4.79 Å². The second-order valence-electron chi connectivity index (χ2n) is 6.75. The van der Waals surface area contributed by atoms with E-state index in [0.717, 1.165) is 28.3 Å². The van der Waals surface area contributed by atoms with Crippen molar-refractivity contribution < 1.29 is 18.8 Å². The standard InChI is InChI=1S/C23H24N2O4S/c1-4-13-28-23(27)17-9-11-18(12-10-17)24-22(26)19-7-5-6-8-21(19)30-14-20-15(2)25-29-16(20)3/h5-12H,4,13-14H2,1-3H3,(H,24,26). The fourth-order valence-corrected chi connectivity index (χ4v) is 4.01. The van der Waals surface area contributed by atoms with E-state index >= 15 is 0 Å². The van der Waals surface area contributed by atoms with Crippen LogP contribution in [0.5, 0.6) is 0 Å². The van der Waals surface area contributed by atoms with Crippen molar-refractivity contribution in [3.8, 4) is 0 Å². The van der Waals surface area contributed by atoms with Gasteiger partial charge >= 0.3 is 5.97 Å². The number of thioether (sulfide) groups is 1. The molecule has 6 nitrogen and oxygen atoms in total. The van der Waals surface area contributed by atoms with E-state index in [2.05, 4.69) is 10.5 Å². The van der Waals surface area contributed by atoms with E-state index in [-0.39, 0.29) is 11.9 Å². The highest BCUT2D eigenvalue weighted by molar-refractivity contribution is 7.98. The molecule has 1 amide bonds. The van der Waals surface area contributed by atoms with Crippen molar-refractivity contribution in [1.29, 1.82) is 0 Å². The van der Waals surface area contributed by atoms with E-state index in [1.165, 1.54) is 0 Å². The third kappa shape index (κ3) is 5.30. The van der Waals surface area contributed by atoms with Gasteiger partial charge in [0.25, 0.3) is 5.91 Å². The Bertz CT molecular complexity index is 1010. The molecule has 7 heteroatoms. The van der Waals surface area contributed by atoms with Crippen molar-refractivity contribution in [2.24, 2.45) is 0 Å². The first kappa shape index (κ1) is 21.6. The third-order valence-corrected chi connectivity index (χ3v) is 5.60. The summed E-state index contributed by atoms with van der Waals surface area (Å²) in [4.78, 5) is 25.6. The molecule has 3 rings (SSSR count). The molecule has 2 aromatic carbocycles. The Labute approximate surface area is 180 Å². The van der Waals surface area contributed by atoms with Crippen molar-refractivity contribution in [2.45, 2.75) is 37.8 Å². The van der Waals surface area contributed by atoms with E-state index in [1.54, 1.807) is 42.1 Å². The summed E-state index contributed by atoms with van der Waals surface area (Å²) >= 11 is 1.56. The Hall–Kier alpha value is -3.06. The first-order valence-electron chi connectivity index (χ1n) is 9.71. The molecule has 0 aliphatic heterocycles. The van der Waals surface area contributed by atoms with Gasteiger partial charge in [0.2, 0.25) is 0 Å². The topological polar surface area (TPSA) is 81.4 Å². The first-order chi connectivity index (χ1) is 14.5. The summed E-state index contributed by atoms with van der Waals surface area (Å²) in [7, 11) is 0. The Morgan fingerprint density at radius 2 is 1.83 bits per heavy atom. The first-order valence-corrected chi connectivity index (χ1v) is 10.7. The zero-order valence-corrected chi connectivity index (χ0v) is 18.0. The number of carbonyl (C=O) groups excluding carboxylic acids is 2. The molecule has 1 aromatic heterocycles. The largest absolute Gasteiger partial charge is 0.462 e. The van der Waals surface area contributed by atoms with Gasteiger partial charge < -0.3 is 14.6 Å². The van der Waals surface area contributed by atoms with Crippen LogP contribution >= 0.6 is 11.8 Å². The number of rotatable bonds is 8. The number of ether oxygens (including phenoxy) is 1. The number of carbonyl (C=O) groups is 2. The van der Waals surface area contributed by atoms with Gasteiger partial charge in [-0.1, -0.05) is 24.2 Å².